The molecule has 1 heterocycles. The Morgan fingerprint density at radius 2 is 1.83 bits per heavy atom. The van der Waals surface area contributed by atoms with Gasteiger partial charge < -0.3 is 9.64 Å². The number of esters is 1. The van der Waals surface area contributed by atoms with Gasteiger partial charge in [-0.25, -0.2) is 14.2 Å². The van der Waals surface area contributed by atoms with Gasteiger partial charge in [0.15, 0.2) is 12.3 Å². The SMILES string of the molecule is O=C(OCC(=O)N(Cc1ccccc1F)C1CC1)c1csc(-c2ccccc2)n1. The maximum Gasteiger partial charge on any atom is 0.358 e. The normalized spacial score (nSPS) is 13.1. The molecule has 0 radical (unpaired) electrons. The van der Waals surface area contributed by atoms with E-state index in [1.165, 1.54) is 17.4 Å². The van der Waals surface area contributed by atoms with Crippen molar-refractivity contribution in [2.24, 2.45) is 0 Å². The summed E-state index contributed by atoms with van der Waals surface area (Å²) in [5.41, 5.74) is 1.54. The van der Waals surface area contributed by atoms with E-state index in [1.807, 2.05) is 30.3 Å². The van der Waals surface area contributed by atoms with Crippen molar-refractivity contribution in [1.29, 1.82) is 0 Å². The molecule has 0 bridgehead atoms. The van der Waals surface area contributed by atoms with Gasteiger partial charge in [-0.15, -0.1) is 11.3 Å². The number of hydrogen-bond acceptors (Lipinski definition) is 5. The summed E-state index contributed by atoms with van der Waals surface area (Å²) in [6.07, 6.45) is 1.75. The molecule has 29 heavy (non-hydrogen) atoms. The van der Waals surface area contributed by atoms with E-state index in [9.17, 15) is 14.0 Å². The second kappa shape index (κ2) is 8.53. The molecule has 1 aliphatic rings. The Balaban J connectivity index is 1.37. The van der Waals surface area contributed by atoms with Crippen LogP contribution >= 0.6 is 11.3 Å². The molecule has 1 saturated carbocycles. The minimum Gasteiger partial charge on any atom is -0.451 e. The molecule has 2 aromatic carbocycles. The van der Waals surface area contributed by atoms with Gasteiger partial charge in [-0.1, -0.05) is 48.5 Å². The van der Waals surface area contributed by atoms with Gasteiger partial charge in [-0.05, 0) is 18.9 Å². The highest BCUT2D eigenvalue weighted by molar-refractivity contribution is 7.13. The van der Waals surface area contributed by atoms with Crippen LogP contribution in [0.15, 0.2) is 60.0 Å². The third-order valence-electron chi connectivity index (χ3n) is 4.67. The molecule has 1 aromatic heterocycles. The van der Waals surface area contributed by atoms with Crippen LogP contribution in [-0.4, -0.2) is 34.4 Å². The van der Waals surface area contributed by atoms with Gasteiger partial charge in [0.2, 0.25) is 0 Å². The number of benzene rings is 2. The number of halogens is 1. The highest BCUT2D eigenvalue weighted by atomic mass is 32.1. The smallest absolute Gasteiger partial charge is 0.358 e. The highest BCUT2D eigenvalue weighted by Gasteiger charge is 2.33. The van der Waals surface area contributed by atoms with Gasteiger partial charge in [0.05, 0.1) is 0 Å². The fourth-order valence-electron chi connectivity index (χ4n) is 2.98. The van der Waals surface area contributed by atoms with Crippen LogP contribution in [-0.2, 0) is 16.1 Å². The van der Waals surface area contributed by atoms with Gasteiger partial charge >= 0.3 is 5.97 Å². The van der Waals surface area contributed by atoms with Crippen molar-refractivity contribution in [3.05, 3.63) is 77.1 Å². The van der Waals surface area contributed by atoms with Crippen LogP contribution in [0, 0.1) is 5.82 Å². The highest BCUT2D eigenvalue weighted by Crippen LogP contribution is 2.29. The number of nitrogens with zero attached hydrogens (tertiary/aromatic N) is 2. The molecule has 1 fully saturated rings. The molecule has 1 amide bonds. The van der Waals surface area contributed by atoms with Gasteiger partial charge in [0, 0.05) is 29.1 Å². The Kier molecular flexibility index (Phi) is 5.67. The first-order valence-corrected chi connectivity index (χ1v) is 10.2. The van der Waals surface area contributed by atoms with Crippen molar-refractivity contribution < 1.29 is 18.7 Å². The number of amides is 1. The van der Waals surface area contributed by atoms with E-state index >= 15 is 0 Å². The summed E-state index contributed by atoms with van der Waals surface area (Å²) in [5, 5.41) is 2.33. The summed E-state index contributed by atoms with van der Waals surface area (Å²) in [6.45, 7) is -0.218. The first kappa shape index (κ1) is 19.3. The zero-order valence-electron chi connectivity index (χ0n) is 15.6. The number of hydrogen-bond donors (Lipinski definition) is 0. The molecule has 148 valence electrons. The second-order valence-corrected chi connectivity index (χ2v) is 7.68. The van der Waals surface area contributed by atoms with Crippen LogP contribution in [0.25, 0.3) is 10.6 Å². The quantitative estimate of drug-likeness (QED) is 0.545. The Labute approximate surface area is 171 Å². The number of ether oxygens (including phenoxy) is 1. The van der Waals surface area contributed by atoms with E-state index in [0.717, 1.165) is 18.4 Å². The molecule has 3 aromatic rings. The monoisotopic (exact) mass is 410 g/mol. The van der Waals surface area contributed by atoms with Crippen molar-refractivity contribution >= 4 is 23.2 Å². The van der Waals surface area contributed by atoms with Crippen molar-refractivity contribution in [3.63, 3.8) is 0 Å². The number of thiazole rings is 1. The second-order valence-electron chi connectivity index (χ2n) is 6.82. The summed E-state index contributed by atoms with van der Waals surface area (Å²) in [4.78, 5) is 30.8. The van der Waals surface area contributed by atoms with E-state index < -0.39 is 5.97 Å². The van der Waals surface area contributed by atoms with Gasteiger partial charge in [0.1, 0.15) is 10.8 Å². The zero-order valence-corrected chi connectivity index (χ0v) is 16.4. The first-order valence-electron chi connectivity index (χ1n) is 9.33. The van der Waals surface area contributed by atoms with Crippen LogP contribution in [0.4, 0.5) is 4.39 Å². The molecule has 1 aliphatic carbocycles. The Morgan fingerprint density at radius 1 is 1.10 bits per heavy atom. The molecule has 0 atom stereocenters. The topological polar surface area (TPSA) is 59.5 Å². The Morgan fingerprint density at radius 3 is 2.55 bits per heavy atom. The number of carbonyl (C=O) groups is 2. The van der Waals surface area contributed by atoms with E-state index in [1.54, 1.807) is 28.5 Å². The minimum absolute atomic E-state index is 0.0739. The van der Waals surface area contributed by atoms with Crippen LogP contribution in [0.1, 0.15) is 28.9 Å². The lowest BCUT2D eigenvalue weighted by Crippen LogP contribution is -2.36. The van der Waals surface area contributed by atoms with E-state index in [4.69, 9.17) is 4.74 Å². The molecule has 0 saturated heterocycles. The van der Waals surface area contributed by atoms with E-state index in [-0.39, 0.29) is 36.6 Å². The lowest BCUT2D eigenvalue weighted by Gasteiger charge is -2.22. The summed E-state index contributed by atoms with van der Waals surface area (Å²) >= 11 is 1.34. The third-order valence-corrected chi connectivity index (χ3v) is 5.56. The van der Waals surface area contributed by atoms with Crippen LogP contribution in [0.2, 0.25) is 0 Å². The van der Waals surface area contributed by atoms with Gasteiger partial charge in [-0.3, -0.25) is 4.79 Å². The van der Waals surface area contributed by atoms with Gasteiger partial charge in [-0.2, -0.15) is 0 Å². The Hall–Kier alpha value is -3.06. The third kappa shape index (κ3) is 4.68. The fourth-order valence-corrected chi connectivity index (χ4v) is 3.78. The molecule has 5 nitrogen and oxygen atoms in total. The summed E-state index contributed by atoms with van der Waals surface area (Å²) in [5.74, 6) is -1.32. The Bertz CT molecular complexity index is 1020. The fraction of sp³-hybridized carbons (Fsp3) is 0.227. The summed E-state index contributed by atoms with van der Waals surface area (Å²) < 4.78 is 19.1. The van der Waals surface area contributed by atoms with Crippen LogP contribution in [0.3, 0.4) is 0 Å². The largest absolute Gasteiger partial charge is 0.451 e. The molecule has 0 unspecified atom stereocenters. The van der Waals surface area contributed by atoms with Crippen molar-refractivity contribution in [2.75, 3.05) is 6.61 Å². The zero-order chi connectivity index (χ0) is 20.2. The standard InChI is InChI=1S/C22H19FN2O3S/c23-18-9-5-4-8-16(18)12-25(17-10-11-17)20(26)13-28-22(27)19-14-29-21(24-19)15-6-2-1-3-7-15/h1-9,14,17H,10-13H2. The van der Waals surface area contributed by atoms with E-state index in [0.29, 0.717) is 10.6 Å². The predicted octanol–water partition coefficient (Wildman–Crippen LogP) is 4.30. The van der Waals surface area contributed by atoms with Gasteiger partial charge in [0.25, 0.3) is 5.91 Å². The molecule has 7 heteroatoms. The molecule has 0 aliphatic heterocycles. The van der Waals surface area contributed by atoms with E-state index in [2.05, 4.69) is 4.98 Å². The summed E-state index contributed by atoms with van der Waals surface area (Å²) in [6, 6.07) is 16.0. The first-order chi connectivity index (χ1) is 14.1. The number of carbonyl (C=O) groups excluding carboxylic acids is 2. The van der Waals surface area contributed by atoms with Crippen LogP contribution < -0.4 is 0 Å². The summed E-state index contributed by atoms with van der Waals surface area (Å²) in [7, 11) is 0. The minimum atomic E-state index is -0.640. The van der Waals surface area contributed by atoms with Crippen LogP contribution in [0.5, 0.6) is 0 Å². The molecule has 0 N–H and O–H groups in total. The average Bonchev–Trinajstić information content (AvgIpc) is 3.46. The lowest BCUT2D eigenvalue weighted by molar-refractivity contribution is -0.135. The number of rotatable bonds is 7. The lowest BCUT2D eigenvalue weighted by atomic mass is 10.2. The predicted molar refractivity (Wildman–Crippen MR) is 108 cm³/mol. The maximum atomic E-state index is 13.9. The molecule has 4 rings (SSSR count). The van der Waals surface area contributed by atoms with Crippen molar-refractivity contribution in [1.82, 2.24) is 9.88 Å². The number of aromatic nitrogens is 1. The van der Waals surface area contributed by atoms with Crippen molar-refractivity contribution in [3.8, 4) is 10.6 Å². The average molecular weight is 410 g/mol. The molecular formula is C22H19FN2O3S. The van der Waals surface area contributed by atoms with Crippen molar-refractivity contribution in [2.45, 2.75) is 25.4 Å². The molecule has 0 spiro atoms. The maximum absolute atomic E-state index is 13.9. The molecular weight excluding hydrogens is 391 g/mol.